The molecule has 5 heteroatoms. The number of aromatic nitrogens is 2. The van der Waals surface area contributed by atoms with Gasteiger partial charge in [-0.05, 0) is 18.9 Å². The number of carbonyl (C=O) groups is 1. The summed E-state index contributed by atoms with van der Waals surface area (Å²) in [6.07, 6.45) is 8.16. The van der Waals surface area contributed by atoms with Gasteiger partial charge in [0, 0.05) is 12.7 Å². The monoisotopic (exact) mass is 250 g/mol. The van der Waals surface area contributed by atoms with E-state index in [0.29, 0.717) is 13.1 Å². The van der Waals surface area contributed by atoms with Gasteiger partial charge < -0.3 is 11.1 Å². The average molecular weight is 250 g/mol. The number of nitrogens with one attached hydrogen (secondary N) is 2. The van der Waals surface area contributed by atoms with E-state index in [1.54, 1.807) is 6.20 Å². The predicted molar refractivity (Wildman–Crippen MR) is 69.6 cm³/mol. The van der Waals surface area contributed by atoms with Crippen LogP contribution in [0.15, 0.2) is 12.3 Å². The summed E-state index contributed by atoms with van der Waals surface area (Å²) in [4.78, 5) is 12.4. The van der Waals surface area contributed by atoms with Crippen LogP contribution in [0.25, 0.3) is 0 Å². The minimum Gasteiger partial charge on any atom is -0.350 e. The van der Waals surface area contributed by atoms with Crippen LogP contribution in [0, 0.1) is 5.41 Å². The Balaban J connectivity index is 1.95. The van der Waals surface area contributed by atoms with E-state index in [4.69, 9.17) is 5.73 Å². The van der Waals surface area contributed by atoms with Gasteiger partial charge in [0.1, 0.15) is 0 Å². The fourth-order valence-electron chi connectivity index (χ4n) is 2.68. The van der Waals surface area contributed by atoms with Crippen molar-refractivity contribution in [1.29, 1.82) is 0 Å². The van der Waals surface area contributed by atoms with E-state index < -0.39 is 0 Å². The van der Waals surface area contributed by atoms with E-state index in [-0.39, 0.29) is 11.3 Å². The van der Waals surface area contributed by atoms with Crippen molar-refractivity contribution in [3.8, 4) is 0 Å². The SMILES string of the molecule is NCC1(C(=O)NCc2ccn[nH]2)CCCCCC1. The molecule has 1 amide bonds. The summed E-state index contributed by atoms with van der Waals surface area (Å²) in [6, 6.07) is 1.86. The molecule has 18 heavy (non-hydrogen) atoms. The molecule has 0 aromatic carbocycles. The van der Waals surface area contributed by atoms with E-state index in [0.717, 1.165) is 31.4 Å². The molecule has 0 saturated heterocycles. The molecule has 0 radical (unpaired) electrons. The van der Waals surface area contributed by atoms with Crippen LogP contribution >= 0.6 is 0 Å². The highest BCUT2D eigenvalue weighted by atomic mass is 16.2. The molecule has 0 bridgehead atoms. The zero-order chi connectivity index (χ0) is 12.8. The third-order valence-corrected chi connectivity index (χ3v) is 3.93. The van der Waals surface area contributed by atoms with Gasteiger partial charge in [-0.2, -0.15) is 5.10 Å². The maximum Gasteiger partial charge on any atom is 0.227 e. The Morgan fingerprint density at radius 1 is 1.39 bits per heavy atom. The fourth-order valence-corrected chi connectivity index (χ4v) is 2.68. The highest BCUT2D eigenvalue weighted by Crippen LogP contribution is 2.34. The molecular weight excluding hydrogens is 228 g/mol. The standard InChI is InChI=1S/C13H22N4O/c14-10-13(6-3-1-2-4-7-13)12(18)15-9-11-5-8-16-17-11/h5,8H,1-4,6-7,9-10,14H2,(H,15,18)(H,16,17). The number of carbonyl (C=O) groups excluding carboxylic acids is 1. The van der Waals surface area contributed by atoms with Crippen LogP contribution in [0.4, 0.5) is 0 Å². The normalized spacial score (nSPS) is 19.2. The van der Waals surface area contributed by atoms with Crippen LogP contribution in [0.3, 0.4) is 0 Å². The molecule has 1 aromatic rings. The Morgan fingerprint density at radius 2 is 2.11 bits per heavy atom. The van der Waals surface area contributed by atoms with Gasteiger partial charge in [0.25, 0.3) is 0 Å². The lowest BCUT2D eigenvalue weighted by atomic mass is 9.79. The van der Waals surface area contributed by atoms with Crippen molar-refractivity contribution in [1.82, 2.24) is 15.5 Å². The molecule has 2 rings (SSSR count). The third kappa shape index (κ3) is 2.90. The topological polar surface area (TPSA) is 83.8 Å². The van der Waals surface area contributed by atoms with Gasteiger partial charge in [0.15, 0.2) is 0 Å². The van der Waals surface area contributed by atoms with Crippen LogP contribution in [0.5, 0.6) is 0 Å². The molecule has 0 atom stereocenters. The number of aromatic amines is 1. The van der Waals surface area contributed by atoms with Crippen molar-refractivity contribution in [2.24, 2.45) is 11.1 Å². The van der Waals surface area contributed by atoms with E-state index >= 15 is 0 Å². The van der Waals surface area contributed by atoms with Gasteiger partial charge in [-0.3, -0.25) is 9.89 Å². The highest BCUT2D eigenvalue weighted by molar-refractivity contribution is 5.82. The first-order valence-electron chi connectivity index (χ1n) is 6.73. The minimum atomic E-state index is -0.351. The summed E-state index contributed by atoms with van der Waals surface area (Å²) in [5.41, 5.74) is 6.45. The van der Waals surface area contributed by atoms with E-state index in [1.807, 2.05) is 6.07 Å². The summed E-state index contributed by atoms with van der Waals surface area (Å²) in [5, 5.41) is 9.69. The number of hydrogen-bond donors (Lipinski definition) is 3. The Hall–Kier alpha value is -1.36. The first kappa shape index (κ1) is 13.1. The van der Waals surface area contributed by atoms with Crippen molar-refractivity contribution in [2.75, 3.05) is 6.54 Å². The van der Waals surface area contributed by atoms with Crippen LogP contribution in [0.1, 0.15) is 44.2 Å². The largest absolute Gasteiger partial charge is 0.350 e. The van der Waals surface area contributed by atoms with Crippen molar-refractivity contribution >= 4 is 5.91 Å². The quantitative estimate of drug-likeness (QED) is 0.705. The summed E-state index contributed by atoms with van der Waals surface area (Å²) in [5.74, 6) is 0.0986. The van der Waals surface area contributed by atoms with E-state index in [1.165, 1.54) is 12.8 Å². The number of nitrogens with two attached hydrogens (primary N) is 1. The second kappa shape index (κ2) is 6.00. The average Bonchev–Trinajstić information content (AvgIpc) is 2.79. The molecule has 1 heterocycles. The van der Waals surface area contributed by atoms with Crippen LogP contribution in [-0.2, 0) is 11.3 Å². The van der Waals surface area contributed by atoms with Crippen molar-refractivity contribution in [2.45, 2.75) is 45.1 Å². The molecule has 1 saturated carbocycles. The highest BCUT2D eigenvalue weighted by Gasteiger charge is 2.36. The Labute approximate surface area is 108 Å². The van der Waals surface area contributed by atoms with Crippen molar-refractivity contribution in [3.05, 3.63) is 18.0 Å². The van der Waals surface area contributed by atoms with Gasteiger partial charge in [-0.25, -0.2) is 0 Å². The third-order valence-electron chi connectivity index (χ3n) is 3.93. The minimum absolute atomic E-state index is 0.0986. The lowest BCUT2D eigenvalue weighted by Crippen LogP contribution is -2.45. The van der Waals surface area contributed by atoms with Crippen LogP contribution in [0.2, 0.25) is 0 Å². The Morgan fingerprint density at radius 3 is 2.67 bits per heavy atom. The number of H-pyrrole nitrogens is 1. The van der Waals surface area contributed by atoms with Gasteiger partial charge >= 0.3 is 0 Å². The van der Waals surface area contributed by atoms with Gasteiger partial charge in [0.05, 0.1) is 17.7 Å². The first-order chi connectivity index (χ1) is 8.77. The summed E-state index contributed by atoms with van der Waals surface area (Å²) in [7, 11) is 0. The van der Waals surface area contributed by atoms with Gasteiger partial charge in [-0.1, -0.05) is 25.7 Å². The molecule has 1 fully saturated rings. The maximum absolute atomic E-state index is 12.4. The first-order valence-corrected chi connectivity index (χ1v) is 6.73. The lowest BCUT2D eigenvalue weighted by Gasteiger charge is -2.29. The number of hydrogen-bond acceptors (Lipinski definition) is 3. The summed E-state index contributed by atoms with van der Waals surface area (Å²) in [6.45, 7) is 0.947. The molecule has 0 spiro atoms. The molecule has 1 aliphatic rings. The molecule has 0 aliphatic heterocycles. The molecule has 4 N–H and O–H groups in total. The predicted octanol–water partition coefficient (Wildman–Crippen LogP) is 1.33. The Bertz CT molecular complexity index is 366. The summed E-state index contributed by atoms with van der Waals surface area (Å²) >= 11 is 0. The smallest absolute Gasteiger partial charge is 0.227 e. The van der Waals surface area contributed by atoms with Crippen molar-refractivity contribution < 1.29 is 4.79 Å². The maximum atomic E-state index is 12.4. The molecular formula is C13H22N4O. The molecule has 1 aliphatic carbocycles. The molecule has 100 valence electrons. The lowest BCUT2D eigenvalue weighted by molar-refractivity contribution is -0.131. The van der Waals surface area contributed by atoms with Gasteiger partial charge in [-0.15, -0.1) is 0 Å². The Kier molecular flexibility index (Phi) is 4.36. The zero-order valence-corrected chi connectivity index (χ0v) is 10.7. The van der Waals surface area contributed by atoms with Crippen LogP contribution < -0.4 is 11.1 Å². The zero-order valence-electron chi connectivity index (χ0n) is 10.7. The summed E-state index contributed by atoms with van der Waals surface area (Å²) < 4.78 is 0. The second-order valence-corrected chi connectivity index (χ2v) is 5.16. The number of amides is 1. The fraction of sp³-hybridized carbons (Fsp3) is 0.692. The molecule has 5 nitrogen and oxygen atoms in total. The molecule has 1 aromatic heterocycles. The number of rotatable bonds is 4. The number of nitrogens with zero attached hydrogens (tertiary/aromatic N) is 1. The molecule has 0 unspecified atom stereocenters. The van der Waals surface area contributed by atoms with Crippen molar-refractivity contribution in [3.63, 3.8) is 0 Å². The van der Waals surface area contributed by atoms with E-state index in [2.05, 4.69) is 15.5 Å². The van der Waals surface area contributed by atoms with E-state index in [9.17, 15) is 4.79 Å². The second-order valence-electron chi connectivity index (χ2n) is 5.16. The van der Waals surface area contributed by atoms with Crippen LogP contribution in [-0.4, -0.2) is 22.6 Å². The van der Waals surface area contributed by atoms with Gasteiger partial charge in [0.2, 0.25) is 5.91 Å².